The van der Waals surface area contributed by atoms with E-state index in [2.05, 4.69) is 0 Å². The molecule has 3 aromatic carbocycles. The first-order chi connectivity index (χ1) is 11.7. The maximum atomic E-state index is 13.0. The molecule has 0 saturated heterocycles. The third kappa shape index (κ3) is 2.14. The molecule has 0 radical (unpaired) electrons. The quantitative estimate of drug-likeness (QED) is 0.495. The number of carbonyl (C=O) groups excluding carboxylic acids is 1. The summed E-state index contributed by atoms with van der Waals surface area (Å²) in [6.45, 7) is 1.96. The minimum absolute atomic E-state index is 0.283. The number of hydrogen-bond donors (Lipinski definition) is 0. The van der Waals surface area contributed by atoms with Gasteiger partial charge in [0.1, 0.15) is 0 Å². The molecular formula is C21H15NO2. The zero-order chi connectivity index (χ0) is 16.7. The van der Waals surface area contributed by atoms with E-state index >= 15 is 0 Å². The molecule has 0 aliphatic heterocycles. The molecule has 116 valence electrons. The molecule has 0 aliphatic carbocycles. The molecule has 24 heavy (non-hydrogen) atoms. The fourth-order valence-corrected chi connectivity index (χ4v) is 3.06. The second kappa shape index (κ2) is 5.46. The third-order valence-electron chi connectivity index (χ3n) is 4.30. The highest BCUT2D eigenvalue weighted by molar-refractivity contribution is 6.10. The smallest absolute Gasteiger partial charge is 0.265 e. The molecule has 0 aliphatic rings. The van der Waals surface area contributed by atoms with Gasteiger partial charge in [-0.2, -0.15) is 0 Å². The van der Waals surface area contributed by atoms with Gasteiger partial charge in [-0.25, -0.2) is 4.57 Å². The van der Waals surface area contributed by atoms with Crippen molar-refractivity contribution in [1.82, 2.24) is 4.57 Å². The normalized spacial score (nSPS) is 11.0. The Hall–Kier alpha value is -3.20. The van der Waals surface area contributed by atoms with Crippen LogP contribution in [0.5, 0.6) is 0 Å². The highest BCUT2D eigenvalue weighted by atomic mass is 16.2. The van der Waals surface area contributed by atoms with E-state index < -0.39 is 0 Å². The van der Waals surface area contributed by atoms with Crippen LogP contribution in [0, 0.1) is 6.92 Å². The molecule has 0 unspecified atom stereocenters. The number of carbonyl (C=O) groups is 1. The zero-order valence-corrected chi connectivity index (χ0v) is 13.2. The van der Waals surface area contributed by atoms with Crippen LogP contribution in [0.15, 0.2) is 77.6 Å². The Labute approximate surface area is 138 Å². The predicted molar refractivity (Wildman–Crippen MR) is 96.6 cm³/mol. The molecular weight excluding hydrogens is 298 g/mol. The van der Waals surface area contributed by atoms with Crippen molar-refractivity contribution in [3.05, 3.63) is 94.3 Å². The van der Waals surface area contributed by atoms with Crippen LogP contribution in [-0.4, -0.2) is 10.5 Å². The second-order valence-electron chi connectivity index (χ2n) is 5.87. The molecule has 0 amide bonds. The van der Waals surface area contributed by atoms with Gasteiger partial charge in [-0.15, -0.1) is 0 Å². The summed E-state index contributed by atoms with van der Waals surface area (Å²) in [5.74, 6) is -0.304. The summed E-state index contributed by atoms with van der Waals surface area (Å²) in [4.78, 5) is 26.0. The van der Waals surface area contributed by atoms with Crippen LogP contribution in [0.1, 0.15) is 15.9 Å². The van der Waals surface area contributed by atoms with Crippen molar-refractivity contribution in [3.8, 4) is 0 Å². The Balaban J connectivity index is 2.10. The van der Waals surface area contributed by atoms with Crippen LogP contribution in [0.2, 0.25) is 0 Å². The van der Waals surface area contributed by atoms with Crippen molar-refractivity contribution in [2.24, 2.45) is 0 Å². The van der Waals surface area contributed by atoms with Crippen molar-refractivity contribution >= 4 is 27.6 Å². The minimum atomic E-state index is -0.304. The van der Waals surface area contributed by atoms with Gasteiger partial charge in [0.2, 0.25) is 0 Å². The first-order valence-corrected chi connectivity index (χ1v) is 7.81. The Kier molecular flexibility index (Phi) is 3.28. The lowest BCUT2D eigenvalue weighted by Gasteiger charge is -2.12. The second-order valence-corrected chi connectivity index (χ2v) is 5.87. The van der Waals surface area contributed by atoms with Crippen molar-refractivity contribution in [2.75, 3.05) is 0 Å². The molecule has 1 heterocycles. The summed E-state index contributed by atoms with van der Waals surface area (Å²) >= 11 is 0. The number of benzene rings is 3. The first kappa shape index (κ1) is 14.4. The summed E-state index contributed by atoms with van der Waals surface area (Å²) in [6, 6.07) is 22.2. The van der Waals surface area contributed by atoms with Crippen LogP contribution in [-0.2, 0) is 0 Å². The molecule has 0 bridgehead atoms. The van der Waals surface area contributed by atoms with Crippen molar-refractivity contribution in [3.63, 3.8) is 0 Å². The van der Waals surface area contributed by atoms with Gasteiger partial charge in [0.25, 0.3) is 11.5 Å². The third-order valence-corrected chi connectivity index (χ3v) is 4.30. The Morgan fingerprint density at radius 2 is 1.33 bits per heavy atom. The largest absolute Gasteiger partial charge is 0.268 e. The van der Waals surface area contributed by atoms with E-state index in [1.54, 1.807) is 18.2 Å². The molecule has 0 N–H and O–H groups in total. The maximum absolute atomic E-state index is 13.0. The standard InChI is InChI=1S/C21H15NO2/c1-14-10-12-15(13-11-14)20(23)22-19-9-5-4-7-17(19)16-6-2-3-8-18(16)21(22)24/h2-13H,1H3. The van der Waals surface area contributed by atoms with Gasteiger partial charge in [0.15, 0.2) is 0 Å². The molecule has 3 nitrogen and oxygen atoms in total. The van der Waals surface area contributed by atoms with E-state index in [4.69, 9.17) is 0 Å². The summed E-state index contributed by atoms with van der Waals surface area (Å²) in [6.07, 6.45) is 0. The van der Waals surface area contributed by atoms with Crippen molar-refractivity contribution < 1.29 is 4.79 Å². The van der Waals surface area contributed by atoms with E-state index in [0.717, 1.165) is 16.3 Å². The number of nitrogens with zero attached hydrogens (tertiary/aromatic N) is 1. The van der Waals surface area contributed by atoms with Gasteiger partial charge in [0.05, 0.1) is 5.52 Å². The van der Waals surface area contributed by atoms with Gasteiger partial charge < -0.3 is 0 Å². The van der Waals surface area contributed by atoms with Gasteiger partial charge in [-0.3, -0.25) is 9.59 Å². The van der Waals surface area contributed by atoms with Crippen LogP contribution in [0.4, 0.5) is 0 Å². The SMILES string of the molecule is Cc1ccc(C(=O)n2c(=O)c3ccccc3c3ccccc32)cc1. The lowest BCUT2D eigenvalue weighted by atomic mass is 10.1. The number of rotatable bonds is 1. The first-order valence-electron chi connectivity index (χ1n) is 7.81. The van der Waals surface area contributed by atoms with Crippen LogP contribution in [0.25, 0.3) is 21.7 Å². The molecule has 0 atom stereocenters. The van der Waals surface area contributed by atoms with E-state index in [-0.39, 0.29) is 11.5 Å². The van der Waals surface area contributed by atoms with E-state index in [0.29, 0.717) is 16.5 Å². The molecule has 0 fully saturated rings. The van der Waals surface area contributed by atoms with E-state index in [1.807, 2.05) is 61.5 Å². The van der Waals surface area contributed by atoms with Crippen molar-refractivity contribution in [2.45, 2.75) is 6.92 Å². The number of aryl methyl sites for hydroxylation is 1. The minimum Gasteiger partial charge on any atom is -0.268 e. The Bertz CT molecular complexity index is 1140. The number of fused-ring (bicyclic) bond motifs is 3. The summed E-state index contributed by atoms with van der Waals surface area (Å²) in [7, 11) is 0. The van der Waals surface area contributed by atoms with Crippen molar-refractivity contribution in [1.29, 1.82) is 0 Å². The molecule has 1 aromatic heterocycles. The number of aromatic nitrogens is 1. The Morgan fingerprint density at radius 3 is 2.04 bits per heavy atom. The molecule has 4 aromatic rings. The molecule has 0 saturated carbocycles. The lowest BCUT2D eigenvalue weighted by molar-refractivity contribution is 0.0961. The van der Waals surface area contributed by atoms with Crippen LogP contribution >= 0.6 is 0 Å². The summed E-state index contributed by atoms with van der Waals surface area (Å²) in [5.41, 5.74) is 1.92. The number of hydrogen-bond acceptors (Lipinski definition) is 2. The topological polar surface area (TPSA) is 39.1 Å². The number of para-hydroxylation sites is 1. The predicted octanol–water partition coefficient (Wildman–Crippen LogP) is 4.15. The van der Waals surface area contributed by atoms with Gasteiger partial charge in [-0.05, 0) is 36.6 Å². The molecule has 0 spiro atoms. The average Bonchev–Trinajstić information content (AvgIpc) is 2.62. The fourth-order valence-electron chi connectivity index (χ4n) is 3.06. The van der Waals surface area contributed by atoms with E-state index in [1.165, 1.54) is 4.57 Å². The van der Waals surface area contributed by atoms with Gasteiger partial charge >= 0.3 is 0 Å². The summed E-state index contributed by atoms with van der Waals surface area (Å²) < 4.78 is 1.28. The average molecular weight is 313 g/mol. The Morgan fingerprint density at radius 1 is 0.750 bits per heavy atom. The molecule has 3 heteroatoms. The molecule has 4 rings (SSSR count). The zero-order valence-electron chi connectivity index (χ0n) is 13.2. The van der Waals surface area contributed by atoms with Crippen LogP contribution in [0.3, 0.4) is 0 Å². The maximum Gasteiger partial charge on any atom is 0.265 e. The monoisotopic (exact) mass is 313 g/mol. The highest BCUT2D eigenvalue weighted by Crippen LogP contribution is 2.23. The van der Waals surface area contributed by atoms with Crippen LogP contribution < -0.4 is 5.56 Å². The lowest BCUT2D eigenvalue weighted by Crippen LogP contribution is -2.27. The van der Waals surface area contributed by atoms with Gasteiger partial charge in [0, 0.05) is 16.3 Å². The number of pyridine rings is 1. The highest BCUT2D eigenvalue weighted by Gasteiger charge is 2.16. The van der Waals surface area contributed by atoms with Gasteiger partial charge in [-0.1, -0.05) is 54.1 Å². The fraction of sp³-hybridized carbons (Fsp3) is 0.0476. The summed E-state index contributed by atoms with van der Waals surface area (Å²) in [5, 5.41) is 2.32. The van der Waals surface area contributed by atoms with E-state index in [9.17, 15) is 9.59 Å².